The fourth-order valence-electron chi connectivity index (χ4n) is 2.95. The van der Waals surface area contributed by atoms with Crippen molar-refractivity contribution >= 4 is 80.5 Å². The summed E-state index contributed by atoms with van der Waals surface area (Å²) in [4.78, 5) is 26.7. The fraction of sp³-hybridized carbons (Fsp3) is 0.0435. The third kappa shape index (κ3) is 5.09. The third-order valence-electron chi connectivity index (χ3n) is 4.45. The van der Waals surface area contributed by atoms with Crippen LogP contribution in [0.4, 0.5) is 10.5 Å². The highest BCUT2D eigenvalue weighted by Gasteiger charge is 2.36. The van der Waals surface area contributed by atoms with Gasteiger partial charge in [-0.3, -0.25) is 9.59 Å². The van der Waals surface area contributed by atoms with Crippen LogP contribution in [0.15, 0.2) is 71.6 Å². The first-order valence-corrected chi connectivity index (χ1v) is 11.8. The Morgan fingerprint density at radius 2 is 1.81 bits per heavy atom. The molecule has 2 amide bonds. The zero-order valence-electron chi connectivity index (χ0n) is 15.8. The maximum Gasteiger partial charge on any atom is 0.298 e. The fourth-order valence-corrected chi connectivity index (χ4v) is 4.86. The van der Waals surface area contributed by atoms with Gasteiger partial charge in [0, 0.05) is 15.6 Å². The summed E-state index contributed by atoms with van der Waals surface area (Å²) in [5.41, 5.74) is 2.15. The molecule has 0 radical (unpaired) electrons. The van der Waals surface area contributed by atoms with Gasteiger partial charge in [0.25, 0.3) is 11.1 Å². The van der Waals surface area contributed by atoms with E-state index in [1.807, 2.05) is 42.5 Å². The van der Waals surface area contributed by atoms with Crippen LogP contribution in [-0.4, -0.2) is 11.1 Å². The number of imide groups is 1. The topological polar surface area (TPSA) is 46.6 Å². The van der Waals surface area contributed by atoms with Crippen LogP contribution in [-0.2, 0) is 11.4 Å². The summed E-state index contributed by atoms with van der Waals surface area (Å²) in [6, 6.07) is 19.8. The van der Waals surface area contributed by atoms with E-state index in [-0.39, 0.29) is 11.1 Å². The van der Waals surface area contributed by atoms with E-state index >= 15 is 0 Å². The maximum absolute atomic E-state index is 12.8. The predicted molar refractivity (Wildman–Crippen MR) is 135 cm³/mol. The van der Waals surface area contributed by atoms with Gasteiger partial charge in [-0.05, 0) is 82.4 Å². The smallest absolute Gasteiger partial charge is 0.298 e. The molecule has 1 aliphatic rings. The Hall–Kier alpha value is -2.00. The van der Waals surface area contributed by atoms with E-state index in [4.69, 9.17) is 27.9 Å². The van der Waals surface area contributed by atoms with Gasteiger partial charge in [0.2, 0.25) is 0 Å². The van der Waals surface area contributed by atoms with Crippen LogP contribution in [0, 0.1) is 3.57 Å². The lowest BCUT2D eigenvalue weighted by atomic mass is 10.2. The number of benzene rings is 3. The van der Waals surface area contributed by atoms with Gasteiger partial charge >= 0.3 is 0 Å². The normalized spacial score (nSPS) is 15.1. The molecule has 1 aliphatic heterocycles. The molecule has 31 heavy (non-hydrogen) atoms. The molecule has 4 nitrogen and oxygen atoms in total. The van der Waals surface area contributed by atoms with Gasteiger partial charge in [0.15, 0.2) is 0 Å². The summed E-state index contributed by atoms with van der Waals surface area (Å²) < 4.78 is 6.78. The highest BCUT2D eigenvalue weighted by molar-refractivity contribution is 14.1. The first-order chi connectivity index (χ1) is 14.9. The lowest BCUT2D eigenvalue weighted by Gasteiger charge is -2.12. The van der Waals surface area contributed by atoms with E-state index in [1.165, 1.54) is 0 Å². The first-order valence-electron chi connectivity index (χ1n) is 9.11. The average molecular weight is 582 g/mol. The van der Waals surface area contributed by atoms with E-state index in [9.17, 15) is 9.59 Å². The van der Waals surface area contributed by atoms with Gasteiger partial charge in [-0.15, -0.1) is 0 Å². The van der Waals surface area contributed by atoms with Crippen molar-refractivity contribution in [3.05, 3.63) is 96.4 Å². The average Bonchev–Trinajstić information content (AvgIpc) is 3.01. The lowest BCUT2D eigenvalue weighted by molar-refractivity contribution is -0.113. The van der Waals surface area contributed by atoms with Crippen molar-refractivity contribution in [2.45, 2.75) is 6.61 Å². The highest BCUT2D eigenvalue weighted by Crippen LogP contribution is 2.37. The van der Waals surface area contributed by atoms with Crippen LogP contribution in [0.2, 0.25) is 10.0 Å². The highest BCUT2D eigenvalue weighted by atomic mass is 127. The molecule has 8 heteroatoms. The van der Waals surface area contributed by atoms with Crippen molar-refractivity contribution in [2.75, 3.05) is 4.90 Å². The standard InChI is InChI=1S/C23H14Cl2INO3S/c24-16-5-3-6-17(12-16)27-22(28)21(31-23(27)29)11-14-8-9-20(19(26)10-14)30-13-15-4-1-2-7-18(15)25/h1-12H,13H2/b21-11+. The number of hydrogen-bond donors (Lipinski definition) is 0. The molecular weight excluding hydrogens is 568 g/mol. The predicted octanol–water partition coefficient (Wildman–Crippen LogP) is 7.42. The number of carbonyl (C=O) groups is 2. The number of halogens is 3. The molecule has 0 atom stereocenters. The molecule has 0 N–H and O–H groups in total. The Morgan fingerprint density at radius 1 is 1.00 bits per heavy atom. The quantitative estimate of drug-likeness (QED) is 0.232. The monoisotopic (exact) mass is 581 g/mol. The van der Waals surface area contributed by atoms with Gasteiger partial charge in [-0.2, -0.15) is 0 Å². The second kappa shape index (κ2) is 9.65. The van der Waals surface area contributed by atoms with Crippen LogP contribution in [0.25, 0.3) is 6.08 Å². The van der Waals surface area contributed by atoms with Gasteiger partial charge in [-0.25, -0.2) is 4.90 Å². The summed E-state index contributed by atoms with van der Waals surface area (Å²) in [5, 5.41) is 0.764. The molecule has 0 aliphatic carbocycles. The van der Waals surface area contributed by atoms with Crippen molar-refractivity contribution < 1.29 is 14.3 Å². The number of amides is 2. The van der Waals surface area contributed by atoms with Crippen LogP contribution in [0.3, 0.4) is 0 Å². The summed E-state index contributed by atoms with van der Waals surface area (Å²) in [6.07, 6.45) is 1.70. The number of anilines is 1. The second-order valence-electron chi connectivity index (χ2n) is 6.57. The van der Waals surface area contributed by atoms with Crippen molar-refractivity contribution in [1.82, 2.24) is 0 Å². The number of hydrogen-bond acceptors (Lipinski definition) is 4. The number of ether oxygens (including phenoxy) is 1. The Morgan fingerprint density at radius 3 is 2.55 bits per heavy atom. The van der Waals surface area contributed by atoms with Crippen molar-refractivity contribution in [1.29, 1.82) is 0 Å². The van der Waals surface area contributed by atoms with E-state index in [0.29, 0.717) is 33.0 Å². The van der Waals surface area contributed by atoms with Crippen LogP contribution in [0.1, 0.15) is 11.1 Å². The Kier molecular flexibility index (Phi) is 6.91. The van der Waals surface area contributed by atoms with Crippen molar-refractivity contribution in [2.24, 2.45) is 0 Å². The molecule has 3 aromatic rings. The molecule has 1 fully saturated rings. The van der Waals surface area contributed by atoms with E-state index in [2.05, 4.69) is 22.6 Å². The van der Waals surface area contributed by atoms with Gasteiger partial charge in [0.05, 0.1) is 14.2 Å². The van der Waals surface area contributed by atoms with E-state index < -0.39 is 0 Å². The molecule has 0 spiro atoms. The minimum atomic E-state index is -0.369. The number of rotatable bonds is 5. The molecule has 0 saturated carbocycles. The zero-order chi connectivity index (χ0) is 22.0. The van der Waals surface area contributed by atoms with Gasteiger partial charge in [0.1, 0.15) is 12.4 Å². The Labute approximate surface area is 207 Å². The molecule has 0 bridgehead atoms. The molecule has 1 heterocycles. The second-order valence-corrected chi connectivity index (χ2v) is 9.57. The number of carbonyl (C=O) groups excluding carboxylic acids is 2. The van der Waals surface area contributed by atoms with Gasteiger partial charge in [-0.1, -0.05) is 53.5 Å². The third-order valence-corrected chi connectivity index (χ3v) is 6.77. The molecule has 1 saturated heterocycles. The molecule has 3 aromatic carbocycles. The minimum absolute atomic E-state index is 0.352. The van der Waals surface area contributed by atoms with Crippen molar-refractivity contribution in [3.63, 3.8) is 0 Å². The van der Waals surface area contributed by atoms with E-state index in [1.54, 1.807) is 30.3 Å². The Bertz CT molecular complexity index is 1210. The molecule has 0 aromatic heterocycles. The number of thioether (sulfide) groups is 1. The van der Waals surface area contributed by atoms with Crippen LogP contribution < -0.4 is 9.64 Å². The molecule has 4 rings (SSSR count). The molecular formula is C23H14Cl2INO3S. The number of nitrogens with zero attached hydrogens (tertiary/aromatic N) is 1. The van der Waals surface area contributed by atoms with Crippen LogP contribution >= 0.6 is 57.6 Å². The molecule has 0 unspecified atom stereocenters. The molecule has 156 valence electrons. The maximum atomic E-state index is 12.8. The van der Waals surface area contributed by atoms with Gasteiger partial charge < -0.3 is 4.74 Å². The Balaban J connectivity index is 1.51. The largest absolute Gasteiger partial charge is 0.488 e. The van der Waals surface area contributed by atoms with Crippen LogP contribution in [0.5, 0.6) is 5.75 Å². The SMILES string of the molecule is O=C1S/C(=C/c2ccc(OCc3ccccc3Cl)c(I)c2)C(=O)N1c1cccc(Cl)c1. The van der Waals surface area contributed by atoms with E-state index in [0.717, 1.165) is 31.4 Å². The van der Waals surface area contributed by atoms with Crippen molar-refractivity contribution in [3.8, 4) is 5.75 Å². The minimum Gasteiger partial charge on any atom is -0.488 e. The summed E-state index contributed by atoms with van der Waals surface area (Å²) in [7, 11) is 0. The summed E-state index contributed by atoms with van der Waals surface area (Å²) in [6.45, 7) is 0.355. The first kappa shape index (κ1) is 22.2. The lowest BCUT2D eigenvalue weighted by Crippen LogP contribution is -2.27. The summed E-state index contributed by atoms with van der Waals surface area (Å²) >= 11 is 15.3. The summed E-state index contributed by atoms with van der Waals surface area (Å²) in [5.74, 6) is 0.344. The zero-order valence-corrected chi connectivity index (χ0v) is 20.3.